The smallest absolute Gasteiger partial charge is 0.283 e. The molecule has 3 aromatic rings. The molecule has 9 nitrogen and oxygen atoms in total. The molecule has 152 valence electrons. The first-order valence-electron chi connectivity index (χ1n) is 9.03. The summed E-state index contributed by atoms with van der Waals surface area (Å²) >= 11 is 1.40. The van der Waals surface area contributed by atoms with Crippen LogP contribution in [0.1, 0.15) is 24.6 Å². The van der Waals surface area contributed by atoms with E-state index in [0.717, 1.165) is 34.5 Å². The van der Waals surface area contributed by atoms with Gasteiger partial charge in [0.25, 0.3) is 10.0 Å². The van der Waals surface area contributed by atoms with E-state index < -0.39 is 10.0 Å². The Morgan fingerprint density at radius 3 is 2.79 bits per heavy atom. The highest BCUT2D eigenvalue weighted by molar-refractivity contribution is 7.92. The number of carbonyl (C=O) groups is 1. The van der Waals surface area contributed by atoms with Crippen molar-refractivity contribution in [1.82, 2.24) is 20.0 Å². The lowest BCUT2D eigenvalue weighted by Gasteiger charge is -2.30. The highest BCUT2D eigenvalue weighted by Gasteiger charge is 2.32. The number of rotatable bonds is 4. The first kappa shape index (κ1) is 19.5. The van der Waals surface area contributed by atoms with Gasteiger partial charge in [-0.25, -0.2) is 9.67 Å². The van der Waals surface area contributed by atoms with Gasteiger partial charge in [-0.15, -0.1) is 5.10 Å². The summed E-state index contributed by atoms with van der Waals surface area (Å²) in [6, 6.07) is 5.74. The van der Waals surface area contributed by atoms with Crippen LogP contribution in [-0.4, -0.2) is 40.8 Å². The van der Waals surface area contributed by atoms with Crippen LogP contribution >= 0.6 is 11.3 Å². The van der Waals surface area contributed by atoms with Gasteiger partial charge in [0.2, 0.25) is 5.91 Å². The van der Waals surface area contributed by atoms with Crippen LogP contribution in [0.5, 0.6) is 0 Å². The van der Waals surface area contributed by atoms with Crippen LogP contribution in [0.15, 0.2) is 29.4 Å². The number of hydrogen-bond acceptors (Lipinski definition) is 7. The van der Waals surface area contributed by atoms with Gasteiger partial charge >= 0.3 is 0 Å². The molecule has 0 radical (unpaired) electrons. The van der Waals surface area contributed by atoms with Crippen LogP contribution in [0, 0.1) is 6.92 Å². The number of anilines is 2. The van der Waals surface area contributed by atoms with E-state index in [1.165, 1.54) is 33.4 Å². The first-order valence-corrected chi connectivity index (χ1v) is 11.3. The van der Waals surface area contributed by atoms with Gasteiger partial charge < -0.3 is 5.32 Å². The molecule has 0 bridgehead atoms. The van der Waals surface area contributed by atoms with E-state index in [4.69, 9.17) is 0 Å². The molecule has 0 fully saturated rings. The van der Waals surface area contributed by atoms with Gasteiger partial charge in [-0.3, -0.25) is 9.10 Å². The molecule has 2 aromatic heterocycles. The molecular weight excluding hydrogens is 412 g/mol. The van der Waals surface area contributed by atoms with Crippen molar-refractivity contribution >= 4 is 38.1 Å². The number of nitrogens with one attached hydrogen (secondary N) is 1. The monoisotopic (exact) mass is 432 g/mol. The zero-order valence-electron chi connectivity index (χ0n) is 16.2. The zero-order valence-corrected chi connectivity index (χ0v) is 17.8. The van der Waals surface area contributed by atoms with E-state index in [2.05, 4.69) is 20.6 Å². The zero-order chi connectivity index (χ0) is 20.8. The van der Waals surface area contributed by atoms with Crippen molar-refractivity contribution in [2.24, 2.45) is 7.05 Å². The minimum Gasteiger partial charge on any atom is -0.302 e. The number of amides is 1. The Morgan fingerprint density at radius 2 is 2.10 bits per heavy atom. The number of fused-ring (bicyclic) bond motifs is 1. The van der Waals surface area contributed by atoms with Gasteiger partial charge in [0.05, 0.1) is 22.5 Å². The SMILES string of the molecule is CC(=O)Nc1nc(C)c(-c2ccc3c(c2)CCCN3S(=O)(=O)c2cnnn2C)s1. The van der Waals surface area contributed by atoms with E-state index in [-0.39, 0.29) is 10.9 Å². The Hall–Kier alpha value is -2.79. The fourth-order valence-electron chi connectivity index (χ4n) is 3.45. The number of sulfonamides is 1. The largest absolute Gasteiger partial charge is 0.302 e. The molecule has 11 heteroatoms. The minimum absolute atomic E-state index is 0.0627. The summed E-state index contributed by atoms with van der Waals surface area (Å²) in [4.78, 5) is 16.6. The van der Waals surface area contributed by atoms with Gasteiger partial charge in [0.15, 0.2) is 10.2 Å². The van der Waals surface area contributed by atoms with Crippen LogP contribution in [-0.2, 0) is 28.3 Å². The summed E-state index contributed by atoms with van der Waals surface area (Å²) in [5.41, 5.74) is 3.41. The highest BCUT2D eigenvalue weighted by Crippen LogP contribution is 2.38. The van der Waals surface area contributed by atoms with Crippen molar-refractivity contribution in [3.63, 3.8) is 0 Å². The van der Waals surface area contributed by atoms with Crippen LogP contribution < -0.4 is 9.62 Å². The maximum absolute atomic E-state index is 13.1. The second-order valence-electron chi connectivity index (χ2n) is 6.83. The molecule has 0 aliphatic carbocycles. The standard InChI is InChI=1S/C18H20N6O3S2/c1-11-17(28-18(20-11)21-12(2)25)14-6-7-15-13(9-14)5-4-8-24(15)29(26,27)16-10-19-22-23(16)3/h6-7,9-10H,4-5,8H2,1-3H3,(H,20,21,25). The molecule has 0 saturated heterocycles. The van der Waals surface area contributed by atoms with Gasteiger partial charge in [0.1, 0.15) is 0 Å². The number of hydrogen-bond donors (Lipinski definition) is 1. The van der Waals surface area contributed by atoms with E-state index in [1.807, 2.05) is 25.1 Å². The normalized spacial score (nSPS) is 14.0. The fraction of sp³-hybridized carbons (Fsp3) is 0.333. The number of aromatic nitrogens is 4. The average molecular weight is 433 g/mol. The molecule has 3 heterocycles. The van der Waals surface area contributed by atoms with Crippen molar-refractivity contribution in [3.8, 4) is 10.4 Å². The fourth-order valence-corrected chi connectivity index (χ4v) is 6.04. The molecule has 1 aliphatic heterocycles. The summed E-state index contributed by atoms with van der Waals surface area (Å²) in [7, 11) is -2.18. The van der Waals surface area contributed by atoms with Crippen molar-refractivity contribution in [3.05, 3.63) is 35.7 Å². The Morgan fingerprint density at radius 1 is 1.31 bits per heavy atom. The highest BCUT2D eigenvalue weighted by atomic mass is 32.2. The molecule has 1 aromatic carbocycles. The van der Waals surface area contributed by atoms with Crippen molar-refractivity contribution in [2.45, 2.75) is 31.7 Å². The molecule has 4 rings (SSSR count). The van der Waals surface area contributed by atoms with E-state index in [9.17, 15) is 13.2 Å². The van der Waals surface area contributed by atoms with Gasteiger partial charge in [-0.2, -0.15) is 8.42 Å². The molecule has 29 heavy (non-hydrogen) atoms. The van der Waals surface area contributed by atoms with Crippen LogP contribution in [0.2, 0.25) is 0 Å². The Kier molecular flexibility index (Phi) is 4.87. The van der Waals surface area contributed by atoms with Gasteiger partial charge in [0, 0.05) is 20.5 Å². The predicted molar refractivity (Wildman–Crippen MR) is 110 cm³/mol. The molecule has 0 saturated carbocycles. The average Bonchev–Trinajstić information content (AvgIpc) is 3.26. The molecule has 0 atom stereocenters. The number of nitrogens with zero attached hydrogens (tertiary/aromatic N) is 5. The molecular formula is C18H20N6O3S2. The summed E-state index contributed by atoms with van der Waals surface area (Å²) in [6.07, 6.45) is 2.78. The summed E-state index contributed by atoms with van der Waals surface area (Å²) in [5.74, 6) is -0.166. The Balaban J connectivity index is 1.72. The van der Waals surface area contributed by atoms with Gasteiger partial charge in [-0.05, 0) is 43.0 Å². The Bertz CT molecular complexity index is 1200. The van der Waals surface area contributed by atoms with Crippen LogP contribution in [0.4, 0.5) is 10.8 Å². The number of benzene rings is 1. The molecule has 0 unspecified atom stereocenters. The molecule has 1 N–H and O–H groups in total. The van der Waals surface area contributed by atoms with Crippen molar-refractivity contribution < 1.29 is 13.2 Å². The third kappa shape index (κ3) is 3.51. The topological polar surface area (TPSA) is 110 Å². The first-order chi connectivity index (χ1) is 13.8. The molecule has 0 spiro atoms. The molecule has 1 amide bonds. The van der Waals surface area contributed by atoms with Crippen molar-refractivity contribution in [2.75, 3.05) is 16.2 Å². The lowest BCUT2D eigenvalue weighted by atomic mass is 10.00. The molecule has 1 aliphatic rings. The lowest BCUT2D eigenvalue weighted by molar-refractivity contribution is -0.114. The maximum atomic E-state index is 13.1. The second-order valence-corrected chi connectivity index (χ2v) is 9.64. The number of thiazole rings is 1. The van der Waals surface area contributed by atoms with Crippen molar-refractivity contribution in [1.29, 1.82) is 0 Å². The number of aryl methyl sites for hydroxylation is 3. The second kappa shape index (κ2) is 7.23. The minimum atomic E-state index is -3.74. The van der Waals surface area contributed by atoms with E-state index in [0.29, 0.717) is 17.4 Å². The Labute approximate surface area is 172 Å². The quantitative estimate of drug-likeness (QED) is 0.678. The summed E-state index contributed by atoms with van der Waals surface area (Å²) < 4.78 is 28.9. The third-order valence-electron chi connectivity index (χ3n) is 4.72. The third-order valence-corrected chi connectivity index (χ3v) is 7.70. The van der Waals surface area contributed by atoms with E-state index in [1.54, 1.807) is 7.05 Å². The van der Waals surface area contributed by atoms with Crippen LogP contribution in [0.25, 0.3) is 10.4 Å². The maximum Gasteiger partial charge on any atom is 0.283 e. The van der Waals surface area contributed by atoms with E-state index >= 15 is 0 Å². The predicted octanol–water partition coefficient (Wildman–Crippen LogP) is 2.35. The summed E-state index contributed by atoms with van der Waals surface area (Å²) in [5, 5.41) is 10.8. The van der Waals surface area contributed by atoms with Crippen LogP contribution in [0.3, 0.4) is 0 Å². The van der Waals surface area contributed by atoms with Gasteiger partial charge in [-0.1, -0.05) is 22.6 Å². The lowest BCUT2D eigenvalue weighted by Crippen LogP contribution is -2.36. The number of carbonyl (C=O) groups excluding carboxylic acids is 1. The summed E-state index contributed by atoms with van der Waals surface area (Å²) in [6.45, 7) is 3.75.